The largest absolute Gasteiger partial charge is 0.478 e. The molecule has 2 amide bonds. The highest BCUT2D eigenvalue weighted by Crippen LogP contribution is 2.44. The maximum atomic E-state index is 13.6. The summed E-state index contributed by atoms with van der Waals surface area (Å²) in [5, 5.41) is 29.9. The van der Waals surface area contributed by atoms with Crippen molar-refractivity contribution in [2.24, 2.45) is 0 Å². The molecule has 0 radical (unpaired) electrons. The van der Waals surface area contributed by atoms with Gasteiger partial charge in [0.05, 0.1) is 24.3 Å². The van der Waals surface area contributed by atoms with Gasteiger partial charge in [-0.05, 0) is 69.4 Å². The Kier molecular flexibility index (Phi) is 9.22. The quantitative estimate of drug-likeness (QED) is 0.0749. The van der Waals surface area contributed by atoms with Gasteiger partial charge < -0.3 is 30.3 Å². The third-order valence-electron chi connectivity index (χ3n) is 7.61. The lowest BCUT2D eigenvalue weighted by molar-refractivity contribution is 0.0695. The Balaban J connectivity index is 1.75. The van der Waals surface area contributed by atoms with Gasteiger partial charge in [-0.1, -0.05) is 38.1 Å². The highest BCUT2D eigenvalue weighted by molar-refractivity contribution is 6.38. The molecule has 5 rings (SSSR count). The molecular weight excluding hydrogens is 564 g/mol. The zero-order chi connectivity index (χ0) is 31.4. The van der Waals surface area contributed by atoms with Crippen LogP contribution in [0.15, 0.2) is 48.5 Å². The van der Waals surface area contributed by atoms with Crippen molar-refractivity contribution in [1.82, 2.24) is 10.6 Å². The van der Waals surface area contributed by atoms with E-state index in [4.69, 9.17) is 9.47 Å². The second kappa shape index (κ2) is 13.2. The van der Waals surface area contributed by atoms with E-state index in [0.717, 1.165) is 12.8 Å². The van der Waals surface area contributed by atoms with E-state index < -0.39 is 11.9 Å². The van der Waals surface area contributed by atoms with Crippen LogP contribution in [0, 0.1) is 0 Å². The summed E-state index contributed by atoms with van der Waals surface area (Å²) in [6, 6.07) is 12.9. The van der Waals surface area contributed by atoms with Gasteiger partial charge in [0.25, 0.3) is 11.8 Å². The van der Waals surface area contributed by atoms with Gasteiger partial charge in [0.2, 0.25) is 0 Å². The van der Waals surface area contributed by atoms with Crippen LogP contribution in [0.2, 0.25) is 0 Å². The van der Waals surface area contributed by atoms with E-state index in [-0.39, 0.29) is 41.4 Å². The minimum Gasteiger partial charge on any atom is -0.478 e. The van der Waals surface area contributed by atoms with Crippen molar-refractivity contribution in [2.75, 3.05) is 39.5 Å². The number of hydrogen-bond acceptors (Lipinski definition) is 6. The average molecular weight is 599 g/mol. The molecule has 0 saturated heterocycles. The molecule has 10 nitrogen and oxygen atoms in total. The Morgan fingerprint density at radius 2 is 0.864 bits per heavy atom. The molecule has 0 saturated carbocycles. The normalized spacial score (nSPS) is 11.5. The van der Waals surface area contributed by atoms with Crippen molar-refractivity contribution in [1.29, 1.82) is 0 Å². The maximum Gasteiger partial charge on any atom is 0.336 e. The summed E-state index contributed by atoms with van der Waals surface area (Å²) >= 11 is 0. The molecule has 0 atom stereocenters. The first kappa shape index (κ1) is 30.7. The van der Waals surface area contributed by atoms with Crippen molar-refractivity contribution < 1.29 is 38.9 Å². The van der Waals surface area contributed by atoms with Crippen LogP contribution in [0.25, 0.3) is 43.1 Å². The molecular formula is C34H34N2O8. The van der Waals surface area contributed by atoms with Crippen molar-refractivity contribution in [2.45, 2.75) is 26.7 Å². The predicted molar refractivity (Wildman–Crippen MR) is 168 cm³/mol. The number of benzene rings is 5. The summed E-state index contributed by atoms with van der Waals surface area (Å²) in [7, 11) is 0. The number of rotatable bonds is 14. The Hall–Kier alpha value is -4.80. The number of nitrogens with one attached hydrogen (secondary N) is 2. The summed E-state index contributed by atoms with van der Waals surface area (Å²) in [5.74, 6) is -3.21. The Bertz CT molecular complexity index is 1770. The zero-order valence-corrected chi connectivity index (χ0v) is 24.6. The van der Waals surface area contributed by atoms with Gasteiger partial charge in [0, 0.05) is 48.2 Å². The van der Waals surface area contributed by atoms with Gasteiger partial charge >= 0.3 is 11.9 Å². The second-order valence-corrected chi connectivity index (χ2v) is 10.5. The SMILES string of the molecule is CCCOCCNC(=O)c1ccc2c3ccc(C(=O)O)c4c(C(=O)O)ccc(c5ccc(C(=O)NCCOCCC)c1c25)c43. The van der Waals surface area contributed by atoms with Gasteiger partial charge in [-0.25, -0.2) is 9.59 Å². The summed E-state index contributed by atoms with van der Waals surface area (Å²) in [4.78, 5) is 51.5. The van der Waals surface area contributed by atoms with Crippen molar-refractivity contribution in [3.63, 3.8) is 0 Å². The molecule has 0 spiro atoms. The fourth-order valence-corrected chi connectivity index (χ4v) is 5.78. The maximum absolute atomic E-state index is 13.6. The number of carboxylic acid groups (broad SMARTS) is 2. The second-order valence-electron chi connectivity index (χ2n) is 10.5. The van der Waals surface area contributed by atoms with Gasteiger partial charge in [0.1, 0.15) is 0 Å². The van der Waals surface area contributed by atoms with Crippen LogP contribution in [0.3, 0.4) is 0 Å². The van der Waals surface area contributed by atoms with Gasteiger partial charge in [0.15, 0.2) is 0 Å². The van der Waals surface area contributed by atoms with Crippen molar-refractivity contribution in [3.8, 4) is 0 Å². The number of hydrogen-bond donors (Lipinski definition) is 4. The number of carbonyl (C=O) groups is 4. The highest BCUT2D eigenvalue weighted by atomic mass is 16.5. The first-order chi connectivity index (χ1) is 21.3. The first-order valence-electron chi connectivity index (χ1n) is 14.7. The lowest BCUT2D eigenvalue weighted by atomic mass is 9.84. The Morgan fingerprint density at radius 1 is 0.523 bits per heavy atom. The third kappa shape index (κ3) is 5.61. The molecule has 0 bridgehead atoms. The number of carbonyl (C=O) groups excluding carboxylic acids is 2. The Labute approximate surface area is 253 Å². The van der Waals surface area contributed by atoms with E-state index in [0.29, 0.717) is 75.3 Å². The smallest absolute Gasteiger partial charge is 0.336 e. The van der Waals surface area contributed by atoms with Crippen LogP contribution in [-0.4, -0.2) is 73.5 Å². The molecule has 5 aromatic carbocycles. The average Bonchev–Trinajstić information content (AvgIpc) is 3.02. The molecule has 44 heavy (non-hydrogen) atoms. The minimum absolute atomic E-state index is 0.120. The van der Waals surface area contributed by atoms with E-state index in [9.17, 15) is 29.4 Å². The highest BCUT2D eigenvalue weighted by Gasteiger charge is 2.25. The monoisotopic (exact) mass is 598 g/mol. The fraction of sp³-hybridized carbons (Fsp3) is 0.294. The van der Waals surface area contributed by atoms with Crippen LogP contribution >= 0.6 is 0 Å². The number of fused-ring (bicyclic) bond motifs is 2. The number of ether oxygens (including phenoxy) is 2. The van der Waals surface area contributed by atoms with Gasteiger partial charge in [-0.15, -0.1) is 0 Å². The summed E-state index contributed by atoms with van der Waals surface area (Å²) in [6.45, 7) is 6.44. The lowest BCUT2D eigenvalue weighted by Crippen LogP contribution is -2.29. The lowest BCUT2D eigenvalue weighted by Gasteiger charge is -2.20. The summed E-state index contributed by atoms with van der Waals surface area (Å²) in [5.41, 5.74) is 0.366. The van der Waals surface area contributed by atoms with Crippen molar-refractivity contribution >= 4 is 66.8 Å². The molecule has 5 aromatic rings. The molecule has 4 N–H and O–H groups in total. The number of carboxylic acids is 2. The van der Waals surface area contributed by atoms with E-state index >= 15 is 0 Å². The standard InChI is InChI=1S/C34H34N2O8/c1-3-15-43-17-13-35-31(37)23-9-5-19-21-7-11-25(33(39)40)30-26(34(41)42)12-8-22(28(21)30)20-6-10-24(29(23)27(19)20)32(38)36-14-18-44-16-4-2/h5-12H,3-4,13-18H2,1-2H3,(H,35,37)(H,36,38)(H,39,40)(H,41,42). The summed E-state index contributed by atoms with van der Waals surface area (Å²) < 4.78 is 11.0. The molecule has 0 aliphatic rings. The van der Waals surface area contributed by atoms with Crippen LogP contribution in [-0.2, 0) is 9.47 Å². The Morgan fingerprint density at radius 3 is 1.20 bits per heavy atom. The topological polar surface area (TPSA) is 151 Å². The first-order valence-corrected chi connectivity index (χ1v) is 14.7. The molecule has 228 valence electrons. The molecule has 0 aromatic heterocycles. The predicted octanol–water partition coefficient (Wildman–Crippen LogP) is 5.45. The molecule has 0 aliphatic carbocycles. The summed E-state index contributed by atoms with van der Waals surface area (Å²) in [6.07, 6.45) is 1.72. The van der Waals surface area contributed by atoms with Crippen LogP contribution in [0.4, 0.5) is 0 Å². The van der Waals surface area contributed by atoms with Crippen LogP contribution in [0.1, 0.15) is 68.1 Å². The van der Waals surface area contributed by atoms with Gasteiger partial charge in [-0.2, -0.15) is 0 Å². The minimum atomic E-state index is -1.24. The van der Waals surface area contributed by atoms with Gasteiger partial charge in [-0.3, -0.25) is 9.59 Å². The third-order valence-corrected chi connectivity index (χ3v) is 7.61. The molecule has 0 aliphatic heterocycles. The van der Waals surface area contributed by atoms with E-state index in [1.165, 1.54) is 12.1 Å². The zero-order valence-electron chi connectivity index (χ0n) is 24.6. The number of amides is 2. The molecule has 0 heterocycles. The van der Waals surface area contributed by atoms with Crippen molar-refractivity contribution in [3.05, 3.63) is 70.8 Å². The molecule has 0 fully saturated rings. The van der Waals surface area contributed by atoms with E-state index in [1.807, 2.05) is 13.8 Å². The van der Waals surface area contributed by atoms with Crippen LogP contribution < -0.4 is 10.6 Å². The van der Waals surface area contributed by atoms with E-state index in [2.05, 4.69) is 10.6 Å². The van der Waals surface area contributed by atoms with Crippen LogP contribution in [0.5, 0.6) is 0 Å². The van der Waals surface area contributed by atoms with E-state index in [1.54, 1.807) is 36.4 Å². The fourth-order valence-electron chi connectivity index (χ4n) is 5.78. The molecule has 0 unspecified atom stereocenters. The number of aromatic carboxylic acids is 2. The molecule has 10 heteroatoms.